The van der Waals surface area contributed by atoms with E-state index in [1.54, 1.807) is 11.8 Å². The van der Waals surface area contributed by atoms with Gasteiger partial charge < -0.3 is 20.3 Å². The number of carboxylic acids is 1. The Morgan fingerprint density at radius 3 is 3.10 bits per heavy atom. The lowest BCUT2D eigenvalue weighted by atomic mass is 10.0. The van der Waals surface area contributed by atoms with E-state index in [1.807, 2.05) is 13.2 Å². The maximum atomic E-state index is 12.3. The first-order chi connectivity index (χ1) is 10.0. The SMILES string of the molecule is CSCCC(C)NC(=O)N1Cc2[nH]cnc2CC1C(=O)O. The number of carbonyl (C=O) groups is 2. The Kier molecular flexibility index (Phi) is 5.11. The first-order valence-corrected chi connectivity index (χ1v) is 8.22. The summed E-state index contributed by atoms with van der Waals surface area (Å²) in [6.45, 7) is 2.17. The van der Waals surface area contributed by atoms with Crippen molar-refractivity contribution in [1.82, 2.24) is 20.2 Å². The predicted molar refractivity (Wildman–Crippen MR) is 80.3 cm³/mol. The van der Waals surface area contributed by atoms with E-state index in [1.165, 1.54) is 11.2 Å². The van der Waals surface area contributed by atoms with Gasteiger partial charge in [-0.2, -0.15) is 11.8 Å². The van der Waals surface area contributed by atoms with Crippen molar-refractivity contribution in [2.24, 2.45) is 0 Å². The van der Waals surface area contributed by atoms with Crippen molar-refractivity contribution in [2.75, 3.05) is 12.0 Å². The number of fused-ring (bicyclic) bond motifs is 1. The van der Waals surface area contributed by atoms with Crippen molar-refractivity contribution in [3.63, 3.8) is 0 Å². The second kappa shape index (κ2) is 6.84. The summed E-state index contributed by atoms with van der Waals surface area (Å²) in [4.78, 5) is 32.1. The van der Waals surface area contributed by atoms with Crippen molar-refractivity contribution in [2.45, 2.75) is 38.4 Å². The third-order valence-corrected chi connectivity index (χ3v) is 4.21. The van der Waals surface area contributed by atoms with Gasteiger partial charge in [-0.25, -0.2) is 14.6 Å². The number of hydrogen-bond acceptors (Lipinski definition) is 4. The van der Waals surface area contributed by atoms with E-state index in [9.17, 15) is 14.7 Å². The Labute approximate surface area is 127 Å². The van der Waals surface area contributed by atoms with Gasteiger partial charge in [0.15, 0.2) is 0 Å². The summed E-state index contributed by atoms with van der Waals surface area (Å²) >= 11 is 1.72. The van der Waals surface area contributed by atoms with Gasteiger partial charge >= 0.3 is 12.0 Å². The van der Waals surface area contributed by atoms with Crippen LogP contribution in [0.5, 0.6) is 0 Å². The number of H-pyrrole nitrogens is 1. The summed E-state index contributed by atoms with van der Waals surface area (Å²) in [5.41, 5.74) is 1.53. The van der Waals surface area contributed by atoms with Crippen LogP contribution in [0.3, 0.4) is 0 Å². The molecule has 0 fully saturated rings. The minimum absolute atomic E-state index is 0.0163. The van der Waals surface area contributed by atoms with Crippen molar-refractivity contribution >= 4 is 23.8 Å². The Balaban J connectivity index is 2.05. The molecule has 116 valence electrons. The van der Waals surface area contributed by atoms with E-state index < -0.39 is 12.0 Å². The molecule has 0 aliphatic carbocycles. The lowest BCUT2D eigenvalue weighted by Gasteiger charge is -2.33. The van der Waals surface area contributed by atoms with E-state index in [-0.39, 0.29) is 25.0 Å². The van der Waals surface area contributed by atoms with Crippen molar-refractivity contribution in [1.29, 1.82) is 0 Å². The molecule has 21 heavy (non-hydrogen) atoms. The highest BCUT2D eigenvalue weighted by Crippen LogP contribution is 2.21. The van der Waals surface area contributed by atoms with E-state index >= 15 is 0 Å². The van der Waals surface area contributed by atoms with Crippen LogP contribution in [0.15, 0.2) is 6.33 Å². The standard InChI is InChI=1S/C13H20N4O3S/c1-8(3-4-21-2)16-13(20)17-6-10-9(14-7-15-10)5-11(17)12(18)19/h7-8,11H,3-6H2,1-2H3,(H,14,15)(H,16,20)(H,18,19). The van der Waals surface area contributed by atoms with Gasteiger partial charge in [-0.3, -0.25) is 0 Å². The van der Waals surface area contributed by atoms with Crippen LogP contribution in [-0.2, 0) is 17.8 Å². The van der Waals surface area contributed by atoms with Crippen molar-refractivity contribution < 1.29 is 14.7 Å². The highest BCUT2D eigenvalue weighted by molar-refractivity contribution is 7.98. The summed E-state index contributed by atoms with van der Waals surface area (Å²) in [7, 11) is 0. The monoisotopic (exact) mass is 312 g/mol. The molecule has 2 amide bonds. The maximum absolute atomic E-state index is 12.3. The molecule has 8 heteroatoms. The number of rotatable bonds is 5. The number of aromatic amines is 1. The van der Waals surface area contributed by atoms with Crippen molar-refractivity contribution in [3.05, 3.63) is 17.7 Å². The average molecular weight is 312 g/mol. The molecule has 1 aromatic heterocycles. The number of nitrogens with one attached hydrogen (secondary N) is 2. The molecule has 0 bridgehead atoms. The largest absolute Gasteiger partial charge is 0.480 e. The van der Waals surface area contributed by atoms with Gasteiger partial charge in [0.05, 0.1) is 24.3 Å². The van der Waals surface area contributed by atoms with Crippen LogP contribution in [0.4, 0.5) is 4.79 Å². The highest BCUT2D eigenvalue weighted by Gasteiger charge is 2.36. The molecule has 0 spiro atoms. The van der Waals surface area contributed by atoms with Crippen LogP contribution >= 0.6 is 11.8 Å². The van der Waals surface area contributed by atoms with Gasteiger partial charge in [-0.15, -0.1) is 0 Å². The molecule has 0 saturated carbocycles. The summed E-state index contributed by atoms with van der Waals surface area (Å²) in [5, 5.41) is 12.2. The number of nitrogens with zero attached hydrogens (tertiary/aromatic N) is 2. The van der Waals surface area contributed by atoms with Crippen LogP contribution in [0, 0.1) is 0 Å². The molecule has 2 heterocycles. The number of urea groups is 1. The van der Waals surface area contributed by atoms with E-state index in [0.717, 1.165) is 23.6 Å². The fourth-order valence-corrected chi connectivity index (χ4v) is 2.92. The van der Waals surface area contributed by atoms with Gasteiger partial charge in [-0.1, -0.05) is 0 Å². The lowest BCUT2D eigenvalue weighted by molar-refractivity contribution is -0.142. The molecule has 1 aromatic rings. The lowest BCUT2D eigenvalue weighted by Crippen LogP contribution is -2.53. The Morgan fingerprint density at radius 1 is 1.67 bits per heavy atom. The Hall–Kier alpha value is -1.70. The topological polar surface area (TPSA) is 98.3 Å². The zero-order valence-corrected chi connectivity index (χ0v) is 12.9. The average Bonchev–Trinajstić information content (AvgIpc) is 2.90. The molecule has 0 aromatic carbocycles. The van der Waals surface area contributed by atoms with Crippen LogP contribution in [0.2, 0.25) is 0 Å². The molecule has 7 nitrogen and oxygen atoms in total. The maximum Gasteiger partial charge on any atom is 0.326 e. The number of aromatic nitrogens is 2. The Bertz CT molecular complexity index is 519. The molecule has 0 saturated heterocycles. The third-order valence-electron chi connectivity index (χ3n) is 3.57. The fraction of sp³-hybridized carbons (Fsp3) is 0.615. The molecule has 2 rings (SSSR count). The number of hydrogen-bond donors (Lipinski definition) is 3. The minimum atomic E-state index is -1.00. The molecule has 2 unspecified atom stereocenters. The zero-order chi connectivity index (χ0) is 15.4. The van der Waals surface area contributed by atoms with Gasteiger partial charge in [0.1, 0.15) is 6.04 Å². The molecule has 1 aliphatic heterocycles. The number of thioether (sulfide) groups is 1. The molecular formula is C13H20N4O3S. The zero-order valence-electron chi connectivity index (χ0n) is 12.1. The van der Waals surface area contributed by atoms with Gasteiger partial charge in [0.25, 0.3) is 0 Å². The summed E-state index contributed by atoms with van der Waals surface area (Å²) in [6, 6.07) is -1.19. The first-order valence-electron chi connectivity index (χ1n) is 6.83. The van der Waals surface area contributed by atoms with Crippen LogP contribution in [0.1, 0.15) is 24.7 Å². The summed E-state index contributed by atoms with van der Waals surface area (Å²) in [5.74, 6) is -0.0512. The van der Waals surface area contributed by atoms with Crippen LogP contribution in [-0.4, -0.2) is 56.1 Å². The normalized spacial score (nSPS) is 19.0. The number of aliphatic carboxylic acids is 1. The highest BCUT2D eigenvalue weighted by atomic mass is 32.2. The van der Waals surface area contributed by atoms with Crippen molar-refractivity contribution in [3.8, 4) is 0 Å². The van der Waals surface area contributed by atoms with Crippen LogP contribution < -0.4 is 5.32 Å². The smallest absolute Gasteiger partial charge is 0.326 e. The van der Waals surface area contributed by atoms with E-state index in [0.29, 0.717) is 0 Å². The third kappa shape index (κ3) is 3.69. The molecule has 2 atom stereocenters. The summed E-state index contributed by atoms with van der Waals surface area (Å²) in [6.07, 6.45) is 4.64. The first kappa shape index (κ1) is 15.7. The van der Waals surface area contributed by atoms with E-state index in [4.69, 9.17) is 0 Å². The molecule has 0 radical (unpaired) electrons. The fourth-order valence-electron chi connectivity index (χ4n) is 2.33. The second-order valence-electron chi connectivity index (χ2n) is 5.15. The van der Waals surface area contributed by atoms with Gasteiger partial charge in [0.2, 0.25) is 0 Å². The predicted octanol–water partition coefficient (Wildman–Crippen LogP) is 1.07. The number of carbonyl (C=O) groups excluding carboxylic acids is 1. The summed E-state index contributed by atoms with van der Waals surface area (Å²) < 4.78 is 0. The molecule has 3 N–H and O–H groups in total. The van der Waals surface area contributed by atoms with Gasteiger partial charge in [0, 0.05) is 12.5 Å². The second-order valence-corrected chi connectivity index (χ2v) is 6.13. The van der Waals surface area contributed by atoms with Gasteiger partial charge in [-0.05, 0) is 25.4 Å². The van der Waals surface area contributed by atoms with E-state index in [2.05, 4.69) is 15.3 Å². The minimum Gasteiger partial charge on any atom is -0.480 e. The number of carboxylic acid groups (broad SMARTS) is 1. The quantitative estimate of drug-likeness (QED) is 0.755. The molecule has 1 aliphatic rings. The van der Waals surface area contributed by atoms with Crippen LogP contribution in [0.25, 0.3) is 0 Å². The molecular weight excluding hydrogens is 292 g/mol. The number of imidazole rings is 1. The Morgan fingerprint density at radius 2 is 2.43 bits per heavy atom. The number of amides is 2.